The topological polar surface area (TPSA) is 82.6 Å². The van der Waals surface area contributed by atoms with Crippen LogP contribution in [0.3, 0.4) is 0 Å². The van der Waals surface area contributed by atoms with Gasteiger partial charge in [-0.2, -0.15) is 0 Å². The molecule has 0 aliphatic carbocycles. The van der Waals surface area contributed by atoms with Gasteiger partial charge in [0.25, 0.3) is 11.8 Å². The number of aliphatic hydroxyl groups is 1. The zero-order valence-corrected chi connectivity index (χ0v) is 23.4. The molecule has 0 spiro atoms. The highest BCUT2D eigenvalue weighted by atomic mass is 79.9. The van der Waals surface area contributed by atoms with Gasteiger partial charge in [0.1, 0.15) is 6.61 Å². The molecule has 2 heterocycles. The van der Waals surface area contributed by atoms with E-state index in [1.165, 1.54) is 4.90 Å². The van der Waals surface area contributed by atoms with E-state index in [0.717, 1.165) is 49.1 Å². The summed E-state index contributed by atoms with van der Waals surface area (Å²) in [6.45, 7) is 4.36. The highest BCUT2D eigenvalue weighted by Gasteiger charge is 2.33. The molecule has 3 aromatic carbocycles. The molecule has 0 saturated carbocycles. The third-order valence-electron chi connectivity index (χ3n) is 7.18. The van der Waals surface area contributed by atoms with Gasteiger partial charge in [0.15, 0.2) is 17.4 Å². The van der Waals surface area contributed by atoms with E-state index in [9.17, 15) is 23.5 Å². The third-order valence-corrected chi connectivity index (χ3v) is 7.63. The highest BCUT2D eigenvalue weighted by Crippen LogP contribution is 2.30. The molecule has 0 radical (unpaired) electrons. The van der Waals surface area contributed by atoms with Crippen LogP contribution in [0.25, 0.3) is 10.8 Å². The van der Waals surface area contributed by atoms with Gasteiger partial charge in [0, 0.05) is 66.8 Å². The first kappa shape index (κ1) is 28.6. The Kier molecular flexibility index (Phi) is 9.07. The second kappa shape index (κ2) is 12.7. The quantitative estimate of drug-likeness (QED) is 0.260. The van der Waals surface area contributed by atoms with Crippen LogP contribution in [0.5, 0.6) is 5.75 Å². The number of hydrogen-bond acceptors (Lipinski definition) is 7. The number of carbonyl (C=O) groups excluding carboxylic acids is 2. The Balaban J connectivity index is 1.01. The number of ether oxygens (including phenoxy) is 2. The Morgan fingerprint density at radius 2 is 1.48 bits per heavy atom. The molecule has 2 amide bonds. The first-order valence-electron chi connectivity index (χ1n) is 13.2. The maximum absolute atomic E-state index is 13.8. The number of nitrogens with zero attached hydrogens (tertiary/aromatic N) is 3. The molecule has 0 aromatic heterocycles. The van der Waals surface area contributed by atoms with Crippen LogP contribution in [-0.4, -0.2) is 103 Å². The van der Waals surface area contributed by atoms with Crippen molar-refractivity contribution in [2.45, 2.75) is 6.10 Å². The van der Waals surface area contributed by atoms with Crippen LogP contribution in [-0.2, 0) is 4.74 Å². The fourth-order valence-electron chi connectivity index (χ4n) is 5.16. The second-order valence-corrected chi connectivity index (χ2v) is 10.8. The molecule has 1 saturated heterocycles. The van der Waals surface area contributed by atoms with Crippen LogP contribution in [0.15, 0.2) is 53.0 Å². The van der Waals surface area contributed by atoms with Gasteiger partial charge < -0.3 is 14.6 Å². The number of hydrogen-bond donors (Lipinski definition) is 1. The summed E-state index contributed by atoms with van der Waals surface area (Å²) in [5.74, 6) is -2.57. The molecule has 212 valence electrons. The Labute approximate surface area is 239 Å². The van der Waals surface area contributed by atoms with Crippen LogP contribution in [0, 0.1) is 11.6 Å². The van der Waals surface area contributed by atoms with E-state index in [4.69, 9.17) is 9.47 Å². The minimum Gasteiger partial charge on any atom is -0.485 e. The minimum atomic E-state index is -0.803. The first-order valence-corrected chi connectivity index (χ1v) is 14.0. The third kappa shape index (κ3) is 6.34. The fourth-order valence-corrected chi connectivity index (χ4v) is 5.56. The zero-order chi connectivity index (χ0) is 28.2. The van der Waals surface area contributed by atoms with Crippen LogP contribution in [0.4, 0.5) is 8.78 Å². The van der Waals surface area contributed by atoms with Crippen molar-refractivity contribution in [1.29, 1.82) is 0 Å². The predicted molar refractivity (Wildman–Crippen MR) is 149 cm³/mol. The minimum absolute atomic E-state index is 0.0520. The lowest BCUT2D eigenvalue weighted by Crippen LogP contribution is -2.51. The number of rotatable bonds is 11. The average Bonchev–Trinajstić information content (AvgIpc) is 2.93. The summed E-state index contributed by atoms with van der Waals surface area (Å²) in [7, 11) is 0. The largest absolute Gasteiger partial charge is 0.485 e. The van der Waals surface area contributed by atoms with Gasteiger partial charge in [0.2, 0.25) is 0 Å². The molecule has 40 heavy (non-hydrogen) atoms. The summed E-state index contributed by atoms with van der Waals surface area (Å²) in [6, 6.07) is 13.3. The van der Waals surface area contributed by atoms with Crippen molar-refractivity contribution in [2.75, 3.05) is 65.6 Å². The monoisotopic (exact) mass is 617 g/mol. The van der Waals surface area contributed by atoms with Crippen molar-refractivity contribution < 1.29 is 33.0 Å². The van der Waals surface area contributed by atoms with Crippen molar-refractivity contribution in [3.63, 3.8) is 0 Å². The van der Waals surface area contributed by atoms with Gasteiger partial charge in [-0.1, -0.05) is 40.2 Å². The first-order chi connectivity index (χ1) is 19.3. The summed E-state index contributed by atoms with van der Waals surface area (Å²) in [5, 5.41) is 12.0. The van der Waals surface area contributed by atoms with E-state index < -0.39 is 23.5 Å². The van der Waals surface area contributed by atoms with Crippen molar-refractivity contribution in [2.24, 2.45) is 0 Å². The molecule has 2 aliphatic rings. The smallest absolute Gasteiger partial charge is 0.261 e. The van der Waals surface area contributed by atoms with E-state index in [-0.39, 0.29) is 36.1 Å². The molecule has 2 aliphatic heterocycles. The van der Waals surface area contributed by atoms with Gasteiger partial charge in [-0.25, -0.2) is 8.78 Å². The number of piperazine rings is 1. The average molecular weight is 618 g/mol. The van der Waals surface area contributed by atoms with E-state index in [1.54, 1.807) is 12.1 Å². The lowest BCUT2D eigenvalue weighted by molar-refractivity contribution is -0.000851. The number of imide groups is 1. The summed E-state index contributed by atoms with van der Waals surface area (Å²) in [4.78, 5) is 31.9. The summed E-state index contributed by atoms with van der Waals surface area (Å²) in [6.07, 6.45) is -0.723. The standard InChI is InChI=1S/C29H30BrF2N3O5/c30-20-15-24(31)27(25(32)16-20)40-14-13-39-18-21(36)17-34-9-7-33(8-10-34)11-12-35-28(37)22-5-1-3-19-4-2-6-23(26(19)22)29(35)38/h1-6,15-16,21,36H,7-14,17-18H2. The number of halogens is 3. The summed E-state index contributed by atoms with van der Waals surface area (Å²) in [5.41, 5.74) is 1.13. The van der Waals surface area contributed by atoms with E-state index in [1.807, 2.05) is 24.3 Å². The van der Waals surface area contributed by atoms with Crippen molar-refractivity contribution in [3.8, 4) is 5.75 Å². The van der Waals surface area contributed by atoms with Crippen LogP contribution >= 0.6 is 15.9 Å². The van der Waals surface area contributed by atoms with E-state index in [0.29, 0.717) is 30.8 Å². The number of benzene rings is 3. The van der Waals surface area contributed by atoms with Gasteiger partial charge in [-0.05, 0) is 29.7 Å². The number of aliphatic hydroxyl groups excluding tert-OH is 1. The van der Waals surface area contributed by atoms with Crippen LogP contribution in [0.2, 0.25) is 0 Å². The molecule has 0 bridgehead atoms. The molecule has 11 heteroatoms. The normalized spacial score (nSPS) is 17.1. The maximum atomic E-state index is 13.8. The van der Waals surface area contributed by atoms with Crippen molar-refractivity contribution in [1.82, 2.24) is 14.7 Å². The Morgan fingerprint density at radius 3 is 2.10 bits per heavy atom. The molecule has 3 aromatic rings. The molecular weight excluding hydrogens is 588 g/mol. The van der Waals surface area contributed by atoms with E-state index >= 15 is 0 Å². The van der Waals surface area contributed by atoms with Crippen LogP contribution < -0.4 is 4.74 Å². The van der Waals surface area contributed by atoms with Gasteiger partial charge in [-0.3, -0.25) is 24.3 Å². The Hall–Kier alpha value is -2.96. The lowest BCUT2D eigenvalue weighted by atomic mass is 9.94. The fraction of sp³-hybridized carbons (Fsp3) is 0.379. The van der Waals surface area contributed by atoms with Crippen LogP contribution in [0.1, 0.15) is 20.7 Å². The Bertz CT molecular complexity index is 1330. The molecule has 8 nitrogen and oxygen atoms in total. The predicted octanol–water partition coefficient (Wildman–Crippen LogP) is 3.55. The number of amides is 2. The molecule has 5 rings (SSSR count). The van der Waals surface area contributed by atoms with Gasteiger partial charge >= 0.3 is 0 Å². The molecule has 1 N–H and O–H groups in total. The summed E-state index contributed by atoms with van der Waals surface area (Å²) < 4.78 is 38.4. The zero-order valence-electron chi connectivity index (χ0n) is 21.8. The highest BCUT2D eigenvalue weighted by molar-refractivity contribution is 9.10. The number of β-amino-alcohol motifs (C(OH)–C–C–N with tert-alkyl or cyclic N) is 1. The summed E-state index contributed by atoms with van der Waals surface area (Å²) >= 11 is 3.02. The molecule has 1 unspecified atom stereocenters. The second-order valence-electron chi connectivity index (χ2n) is 9.89. The van der Waals surface area contributed by atoms with E-state index in [2.05, 4.69) is 25.7 Å². The molecule has 1 atom stereocenters. The lowest BCUT2D eigenvalue weighted by Gasteiger charge is -2.36. The number of carbonyl (C=O) groups is 2. The molecular formula is C29H30BrF2N3O5. The maximum Gasteiger partial charge on any atom is 0.261 e. The molecule has 1 fully saturated rings. The van der Waals surface area contributed by atoms with Gasteiger partial charge in [-0.15, -0.1) is 0 Å². The van der Waals surface area contributed by atoms with Gasteiger partial charge in [0.05, 0.1) is 19.3 Å². The SMILES string of the molecule is O=C1c2cccc3cccc(c23)C(=O)N1CCN1CCN(CC(O)COCCOc2c(F)cc(Br)cc2F)CC1. The van der Waals surface area contributed by atoms with Crippen molar-refractivity contribution >= 4 is 38.5 Å². The van der Waals surface area contributed by atoms with Crippen molar-refractivity contribution in [3.05, 3.63) is 75.8 Å². The Morgan fingerprint density at radius 1 is 0.875 bits per heavy atom.